The van der Waals surface area contributed by atoms with Crippen molar-refractivity contribution in [2.75, 3.05) is 6.61 Å². The first-order valence-electron chi connectivity index (χ1n) is 5.14. The first-order valence-corrected chi connectivity index (χ1v) is 5.14. The third-order valence-corrected chi connectivity index (χ3v) is 2.33. The Kier molecular flexibility index (Phi) is 4.73. The number of hydrogen-bond donors (Lipinski definition) is 1. The molecule has 0 saturated carbocycles. The molecule has 0 radical (unpaired) electrons. The average Bonchev–Trinajstić information content (AvgIpc) is 2.30. The minimum atomic E-state index is -0.696. The van der Waals surface area contributed by atoms with Gasteiger partial charge in [-0.05, 0) is 5.56 Å². The van der Waals surface area contributed by atoms with Crippen molar-refractivity contribution in [2.45, 2.75) is 13.0 Å². The molecule has 0 aliphatic heterocycles. The topological polar surface area (TPSA) is 46.5 Å². The largest absolute Gasteiger partial charge is 0.465 e. The van der Waals surface area contributed by atoms with E-state index in [0.29, 0.717) is 0 Å². The average molecular weight is 220 g/mol. The molecular weight excluding hydrogens is 204 g/mol. The molecule has 0 aliphatic carbocycles. The molecule has 0 aromatic heterocycles. The van der Waals surface area contributed by atoms with Gasteiger partial charge < -0.3 is 9.84 Å². The van der Waals surface area contributed by atoms with Crippen LogP contribution in [-0.4, -0.2) is 17.7 Å². The highest BCUT2D eigenvalue weighted by Crippen LogP contribution is 2.22. The van der Waals surface area contributed by atoms with Gasteiger partial charge in [0, 0.05) is 12.8 Å². The molecule has 1 N–H and O–H groups in total. The molecule has 0 heterocycles. The molecule has 2 atom stereocenters. The zero-order valence-corrected chi connectivity index (χ0v) is 9.30. The van der Waals surface area contributed by atoms with Gasteiger partial charge in [-0.1, -0.05) is 36.4 Å². The quantitative estimate of drug-likeness (QED) is 0.610. The van der Waals surface area contributed by atoms with Crippen LogP contribution in [0.1, 0.15) is 18.6 Å². The molecule has 1 rings (SSSR count). The highest BCUT2D eigenvalue weighted by atomic mass is 16.5. The summed E-state index contributed by atoms with van der Waals surface area (Å²) in [5.41, 5.74) is 0.791. The Morgan fingerprint density at radius 3 is 2.62 bits per heavy atom. The van der Waals surface area contributed by atoms with Crippen molar-refractivity contribution < 1.29 is 14.6 Å². The van der Waals surface area contributed by atoms with Crippen molar-refractivity contribution in [3.8, 4) is 0 Å². The van der Waals surface area contributed by atoms with Gasteiger partial charge in [0.2, 0.25) is 0 Å². The van der Waals surface area contributed by atoms with Crippen LogP contribution in [-0.2, 0) is 9.53 Å². The fourth-order valence-electron chi connectivity index (χ4n) is 1.40. The fraction of sp³-hybridized carbons (Fsp3) is 0.308. The summed E-state index contributed by atoms with van der Waals surface area (Å²) in [6, 6.07) is 9.24. The number of aliphatic hydroxyl groups is 1. The van der Waals surface area contributed by atoms with Crippen LogP contribution < -0.4 is 0 Å². The Morgan fingerprint density at radius 1 is 1.50 bits per heavy atom. The Balaban J connectivity index is 2.66. The molecule has 3 heteroatoms. The van der Waals surface area contributed by atoms with Crippen LogP contribution in [0.15, 0.2) is 43.0 Å². The number of esters is 1. The van der Waals surface area contributed by atoms with Crippen LogP contribution in [0.2, 0.25) is 0 Å². The first kappa shape index (κ1) is 12.5. The number of hydrogen-bond acceptors (Lipinski definition) is 3. The highest BCUT2D eigenvalue weighted by Gasteiger charge is 2.18. The minimum absolute atomic E-state index is 0.148. The van der Waals surface area contributed by atoms with Crippen molar-refractivity contribution in [2.24, 2.45) is 5.92 Å². The lowest BCUT2D eigenvalue weighted by atomic mass is 9.96. The number of aliphatic hydroxyl groups excluding tert-OH is 1. The normalized spacial score (nSPS) is 13.9. The van der Waals surface area contributed by atoms with Crippen LogP contribution in [0.5, 0.6) is 0 Å². The van der Waals surface area contributed by atoms with Crippen molar-refractivity contribution >= 4 is 5.97 Å². The van der Waals surface area contributed by atoms with E-state index in [-0.39, 0.29) is 18.5 Å². The van der Waals surface area contributed by atoms with Gasteiger partial charge in [0.15, 0.2) is 0 Å². The van der Waals surface area contributed by atoms with Gasteiger partial charge in [-0.25, -0.2) is 0 Å². The molecule has 1 aromatic rings. The van der Waals surface area contributed by atoms with E-state index in [9.17, 15) is 9.90 Å². The number of rotatable bonds is 5. The zero-order valence-electron chi connectivity index (χ0n) is 9.30. The minimum Gasteiger partial charge on any atom is -0.465 e. The summed E-state index contributed by atoms with van der Waals surface area (Å²) in [7, 11) is 0. The summed E-state index contributed by atoms with van der Waals surface area (Å²) in [6.07, 6.45) is 0.902. The monoisotopic (exact) mass is 220 g/mol. The molecule has 2 unspecified atom stereocenters. The maximum atomic E-state index is 10.7. The fourth-order valence-corrected chi connectivity index (χ4v) is 1.40. The van der Waals surface area contributed by atoms with Crippen LogP contribution in [0.25, 0.3) is 0 Å². The summed E-state index contributed by atoms with van der Waals surface area (Å²) in [6.45, 7) is 5.12. The van der Waals surface area contributed by atoms with E-state index in [1.165, 1.54) is 6.92 Å². The Bertz CT molecular complexity index is 345. The third-order valence-electron chi connectivity index (χ3n) is 2.33. The van der Waals surface area contributed by atoms with E-state index < -0.39 is 6.10 Å². The molecule has 16 heavy (non-hydrogen) atoms. The Hall–Kier alpha value is -1.61. The molecule has 3 nitrogen and oxygen atoms in total. The summed E-state index contributed by atoms with van der Waals surface area (Å²) in [5.74, 6) is -0.640. The maximum Gasteiger partial charge on any atom is 0.302 e. The third kappa shape index (κ3) is 3.51. The van der Waals surface area contributed by atoms with E-state index in [1.807, 2.05) is 30.3 Å². The van der Waals surface area contributed by atoms with Crippen molar-refractivity contribution in [3.05, 3.63) is 48.6 Å². The van der Waals surface area contributed by atoms with Crippen molar-refractivity contribution in [3.63, 3.8) is 0 Å². The summed E-state index contributed by atoms with van der Waals surface area (Å²) >= 11 is 0. The van der Waals surface area contributed by atoms with Gasteiger partial charge in [0.1, 0.15) is 6.61 Å². The predicted molar refractivity (Wildman–Crippen MR) is 61.7 cm³/mol. The van der Waals surface area contributed by atoms with Crippen LogP contribution in [0.4, 0.5) is 0 Å². The second-order valence-electron chi connectivity index (χ2n) is 3.56. The summed E-state index contributed by atoms with van der Waals surface area (Å²) in [5, 5.41) is 10.0. The lowest BCUT2D eigenvalue weighted by Crippen LogP contribution is -2.17. The van der Waals surface area contributed by atoms with E-state index in [1.54, 1.807) is 6.08 Å². The van der Waals surface area contributed by atoms with Gasteiger partial charge >= 0.3 is 5.97 Å². The SMILES string of the molecule is C=CC(COC(C)=O)C(O)c1ccccc1. The van der Waals surface area contributed by atoms with Gasteiger partial charge in [-0.15, -0.1) is 6.58 Å². The standard InChI is InChI=1S/C13H16O3/c1-3-11(9-16-10(2)14)13(15)12-7-5-4-6-8-12/h3-8,11,13,15H,1,9H2,2H3. The van der Waals surface area contributed by atoms with Gasteiger partial charge in [-0.2, -0.15) is 0 Å². The Labute approximate surface area is 95.4 Å². The number of carbonyl (C=O) groups is 1. The first-order chi connectivity index (χ1) is 7.65. The second-order valence-corrected chi connectivity index (χ2v) is 3.56. The Morgan fingerprint density at radius 2 is 2.12 bits per heavy atom. The van der Waals surface area contributed by atoms with Crippen LogP contribution in [0, 0.1) is 5.92 Å². The van der Waals surface area contributed by atoms with Crippen molar-refractivity contribution in [1.29, 1.82) is 0 Å². The second kappa shape index (κ2) is 6.08. The molecular formula is C13H16O3. The number of carbonyl (C=O) groups excluding carboxylic acids is 1. The summed E-state index contributed by atoms with van der Waals surface area (Å²) in [4.78, 5) is 10.7. The van der Waals surface area contributed by atoms with E-state index in [2.05, 4.69) is 6.58 Å². The number of benzene rings is 1. The van der Waals surface area contributed by atoms with Gasteiger partial charge in [0.05, 0.1) is 6.10 Å². The molecule has 1 aromatic carbocycles. The molecule has 0 amide bonds. The van der Waals surface area contributed by atoms with Gasteiger partial charge in [-0.3, -0.25) is 4.79 Å². The van der Waals surface area contributed by atoms with E-state index in [0.717, 1.165) is 5.56 Å². The molecule has 86 valence electrons. The molecule has 0 aliphatic rings. The van der Waals surface area contributed by atoms with Crippen LogP contribution >= 0.6 is 0 Å². The predicted octanol–water partition coefficient (Wildman–Crippen LogP) is 2.09. The lowest BCUT2D eigenvalue weighted by Gasteiger charge is -2.19. The van der Waals surface area contributed by atoms with Crippen LogP contribution in [0.3, 0.4) is 0 Å². The molecule has 0 saturated heterocycles. The highest BCUT2D eigenvalue weighted by molar-refractivity contribution is 5.65. The zero-order chi connectivity index (χ0) is 12.0. The van der Waals surface area contributed by atoms with Gasteiger partial charge in [0.25, 0.3) is 0 Å². The molecule has 0 spiro atoms. The smallest absolute Gasteiger partial charge is 0.302 e. The van der Waals surface area contributed by atoms with E-state index in [4.69, 9.17) is 4.74 Å². The number of ether oxygens (including phenoxy) is 1. The van der Waals surface area contributed by atoms with E-state index >= 15 is 0 Å². The molecule has 0 bridgehead atoms. The lowest BCUT2D eigenvalue weighted by molar-refractivity contribution is -0.142. The maximum absolute atomic E-state index is 10.7. The summed E-state index contributed by atoms with van der Waals surface area (Å²) < 4.78 is 4.87. The van der Waals surface area contributed by atoms with Crippen molar-refractivity contribution in [1.82, 2.24) is 0 Å². The molecule has 0 fully saturated rings.